The molecule has 0 atom stereocenters. The van der Waals surface area contributed by atoms with Crippen LogP contribution in [0.4, 0.5) is 26.3 Å². The Morgan fingerprint density at radius 3 is 2.27 bits per heavy atom. The fourth-order valence-electron chi connectivity index (χ4n) is 3.25. The summed E-state index contributed by atoms with van der Waals surface area (Å²) in [5.41, 5.74) is 1.43. The predicted octanol–water partition coefficient (Wildman–Crippen LogP) is 5.17. The number of halogens is 7. The van der Waals surface area contributed by atoms with E-state index in [-0.39, 0.29) is 49.5 Å². The molecule has 2 N–H and O–H groups in total. The molecular weight excluding hydrogens is 527 g/mol. The molecule has 30 heavy (non-hydrogen) atoms. The number of ether oxygens (including phenoxy) is 1. The fourth-order valence-corrected chi connectivity index (χ4v) is 3.25. The minimum Gasteiger partial charge on any atom is -0.367 e. The van der Waals surface area contributed by atoms with Crippen LogP contribution in [0.5, 0.6) is 0 Å². The lowest BCUT2D eigenvalue weighted by Crippen LogP contribution is -2.45. The largest absolute Gasteiger partial charge is 0.411 e. The summed E-state index contributed by atoms with van der Waals surface area (Å²) in [4.78, 5) is 4.09. The van der Waals surface area contributed by atoms with Gasteiger partial charge in [-0.25, -0.2) is 0 Å². The van der Waals surface area contributed by atoms with Crippen LogP contribution in [0.25, 0.3) is 0 Å². The molecular formula is C19H26F6IN3O. The van der Waals surface area contributed by atoms with Gasteiger partial charge in [0.2, 0.25) is 0 Å². The van der Waals surface area contributed by atoms with E-state index in [1.165, 1.54) is 0 Å². The van der Waals surface area contributed by atoms with Crippen LogP contribution in [0, 0.1) is 5.92 Å². The van der Waals surface area contributed by atoms with Crippen LogP contribution in [0.1, 0.15) is 36.8 Å². The molecule has 1 aromatic carbocycles. The van der Waals surface area contributed by atoms with E-state index in [1.54, 1.807) is 25.2 Å². The maximum atomic E-state index is 12.8. The Bertz CT molecular complexity index is 673. The van der Waals surface area contributed by atoms with Crippen LogP contribution in [0.3, 0.4) is 0 Å². The molecule has 2 rings (SSSR count). The zero-order valence-corrected chi connectivity index (χ0v) is 18.8. The van der Waals surface area contributed by atoms with E-state index in [2.05, 4.69) is 20.4 Å². The number of nitrogens with zero attached hydrogens (tertiary/aromatic N) is 1. The van der Waals surface area contributed by atoms with Crippen molar-refractivity contribution in [3.63, 3.8) is 0 Å². The highest BCUT2D eigenvalue weighted by atomic mass is 127. The Morgan fingerprint density at radius 2 is 1.70 bits per heavy atom. The van der Waals surface area contributed by atoms with E-state index < -0.39 is 24.9 Å². The van der Waals surface area contributed by atoms with Crippen LogP contribution < -0.4 is 10.6 Å². The maximum Gasteiger partial charge on any atom is 0.411 e. The minimum absolute atomic E-state index is 0. The van der Waals surface area contributed by atoms with Crippen LogP contribution in [-0.4, -0.2) is 38.0 Å². The van der Waals surface area contributed by atoms with E-state index in [0.717, 1.165) is 5.56 Å². The van der Waals surface area contributed by atoms with Crippen molar-refractivity contribution in [2.24, 2.45) is 10.9 Å². The topological polar surface area (TPSA) is 45.7 Å². The molecule has 0 spiro atoms. The Balaban J connectivity index is 0.00000450. The lowest BCUT2D eigenvalue weighted by atomic mass is 9.85. The van der Waals surface area contributed by atoms with Gasteiger partial charge in [0.1, 0.15) is 6.61 Å². The SMILES string of the molecule is CN=C(NCc1cccc(COCC(F)(F)F)c1)NC1CCC(C(F)(F)F)CC1.I. The fraction of sp³-hybridized carbons (Fsp3) is 0.632. The van der Waals surface area contributed by atoms with Gasteiger partial charge in [-0.1, -0.05) is 24.3 Å². The molecule has 1 aliphatic carbocycles. The summed E-state index contributed by atoms with van der Waals surface area (Å²) in [7, 11) is 1.57. The van der Waals surface area contributed by atoms with Gasteiger partial charge in [-0.3, -0.25) is 4.99 Å². The van der Waals surface area contributed by atoms with Gasteiger partial charge in [0.25, 0.3) is 0 Å². The first-order valence-corrected chi connectivity index (χ1v) is 9.33. The number of nitrogens with one attached hydrogen (secondary N) is 2. The van der Waals surface area contributed by atoms with Crippen LogP contribution >= 0.6 is 24.0 Å². The predicted molar refractivity (Wildman–Crippen MR) is 113 cm³/mol. The molecule has 4 nitrogen and oxygen atoms in total. The normalized spacial score (nSPS) is 20.4. The summed E-state index contributed by atoms with van der Waals surface area (Å²) in [6, 6.07) is 6.85. The summed E-state index contributed by atoms with van der Waals surface area (Å²) in [6.07, 6.45) is -7.49. The molecule has 0 heterocycles. The first kappa shape index (κ1) is 26.8. The molecule has 0 aromatic heterocycles. The Hall–Kier alpha value is -1.24. The number of hydrogen-bond acceptors (Lipinski definition) is 2. The van der Waals surface area contributed by atoms with Crippen molar-refractivity contribution in [1.82, 2.24) is 10.6 Å². The third-order valence-electron chi connectivity index (χ3n) is 4.74. The summed E-state index contributed by atoms with van der Waals surface area (Å²) >= 11 is 0. The molecule has 1 fully saturated rings. The number of aliphatic imine (C=N–C) groups is 1. The van der Waals surface area contributed by atoms with E-state index in [9.17, 15) is 26.3 Å². The van der Waals surface area contributed by atoms with Gasteiger partial charge in [-0.15, -0.1) is 24.0 Å². The van der Waals surface area contributed by atoms with Crippen molar-refractivity contribution in [1.29, 1.82) is 0 Å². The van der Waals surface area contributed by atoms with Crippen molar-refractivity contribution in [2.45, 2.75) is 57.2 Å². The third-order valence-corrected chi connectivity index (χ3v) is 4.74. The molecule has 1 aliphatic rings. The maximum absolute atomic E-state index is 12.8. The zero-order valence-electron chi connectivity index (χ0n) is 16.4. The molecule has 1 saturated carbocycles. The number of benzene rings is 1. The Labute approximate surface area is 188 Å². The highest BCUT2D eigenvalue weighted by Crippen LogP contribution is 2.37. The quantitative estimate of drug-likeness (QED) is 0.221. The number of hydrogen-bond donors (Lipinski definition) is 2. The van der Waals surface area contributed by atoms with Crippen LogP contribution in [-0.2, 0) is 17.9 Å². The van der Waals surface area contributed by atoms with Gasteiger partial charge in [0, 0.05) is 19.6 Å². The average Bonchev–Trinajstić information content (AvgIpc) is 2.64. The van der Waals surface area contributed by atoms with Crippen LogP contribution in [0.15, 0.2) is 29.3 Å². The van der Waals surface area contributed by atoms with E-state index in [4.69, 9.17) is 0 Å². The molecule has 11 heteroatoms. The first-order valence-electron chi connectivity index (χ1n) is 9.33. The van der Waals surface area contributed by atoms with Crippen LogP contribution in [0.2, 0.25) is 0 Å². The summed E-state index contributed by atoms with van der Waals surface area (Å²) in [5.74, 6) is -0.767. The van der Waals surface area contributed by atoms with Crippen molar-refractivity contribution < 1.29 is 31.1 Å². The molecule has 0 saturated heterocycles. The monoisotopic (exact) mass is 553 g/mol. The number of rotatable bonds is 6. The van der Waals surface area contributed by atoms with Crippen molar-refractivity contribution in [3.05, 3.63) is 35.4 Å². The number of guanidine groups is 1. The van der Waals surface area contributed by atoms with Crippen molar-refractivity contribution >= 4 is 29.9 Å². The van der Waals surface area contributed by atoms with Crippen molar-refractivity contribution in [2.75, 3.05) is 13.7 Å². The highest BCUT2D eigenvalue weighted by molar-refractivity contribution is 14.0. The van der Waals surface area contributed by atoms with Gasteiger partial charge in [-0.2, -0.15) is 26.3 Å². The molecule has 1 aromatic rings. The lowest BCUT2D eigenvalue weighted by Gasteiger charge is -2.31. The van der Waals surface area contributed by atoms with E-state index >= 15 is 0 Å². The Morgan fingerprint density at radius 1 is 1.07 bits per heavy atom. The standard InChI is InChI=1S/C19H25F6N3O.HI/c1-26-17(28-16-7-5-15(6-8-16)19(23,24)25)27-10-13-3-2-4-14(9-13)11-29-12-18(20,21)22;/h2-4,9,15-16H,5-8,10-12H2,1H3,(H2,26,27,28);1H. The zero-order chi connectivity index (χ0) is 21.5. The highest BCUT2D eigenvalue weighted by Gasteiger charge is 2.41. The molecule has 0 amide bonds. The van der Waals surface area contributed by atoms with Crippen molar-refractivity contribution in [3.8, 4) is 0 Å². The first-order chi connectivity index (χ1) is 13.6. The second-order valence-electron chi connectivity index (χ2n) is 7.09. The summed E-state index contributed by atoms with van der Waals surface area (Å²) in [6.45, 7) is -1.09. The summed E-state index contributed by atoms with van der Waals surface area (Å²) < 4.78 is 79.4. The Kier molecular flexibility index (Phi) is 10.7. The number of alkyl halides is 6. The summed E-state index contributed by atoms with van der Waals surface area (Å²) in [5, 5.41) is 6.21. The van der Waals surface area contributed by atoms with E-state index in [0.29, 0.717) is 30.9 Å². The smallest absolute Gasteiger partial charge is 0.367 e. The molecule has 0 aliphatic heterocycles. The van der Waals surface area contributed by atoms with Gasteiger partial charge < -0.3 is 15.4 Å². The average molecular weight is 553 g/mol. The second kappa shape index (κ2) is 12.0. The molecule has 0 unspecified atom stereocenters. The third kappa shape index (κ3) is 9.71. The van der Waals surface area contributed by atoms with E-state index in [1.807, 2.05) is 6.07 Å². The van der Waals surface area contributed by atoms with Gasteiger partial charge in [0.15, 0.2) is 5.96 Å². The van der Waals surface area contributed by atoms with Gasteiger partial charge in [0.05, 0.1) is 12.5 Å². The van der Waals surface area contributed by atoms with Gasteiger partial charge in [-0.05, 0) is 36.8 Å². The van der Waals surface area contributed by atoms with Gasteiger partial charge >= 0.3 is 12.4 Å². The minimum atomic E-state index is -4.36. The lowest BCUT2D eigenvalue weighted by molar-refractivity contribution is -0.182. The molecule has 0 radical (unpaired) electrons. The second-order valence-corrected chi connectivity index (χ2v) is 7.09. The molecule has 0 bridgehead atoms. The molecule has 172 valence electrons.